The Bertz CT molecular complexity index is 1950. The van der Waals surface area contributed by atoms with Gasteiger partial charge in [0.25, 0.3) is 0 Å². The van der Waals surface area contributed by atoms with Crippen LogP contribution in [0, 0.1) is 18.3 Å². The number of aliphatic hydroxyl groups excluding tert-OH is 1. The van der Waals surface area contributed by atoms with E-state index in [1.807, 2.05) is 74.5 Å². The van der Waals surface area contributed by atoms with Gasteiger partial charge in [-0.15, -0.1) is 0 Å². The topological polar surface area (TPSA) is 131 Å². The summed E-state index contributed by atoms with van der Waals surface area (Å²) in [7, 11) is -2.16. The molecule has 0 radical (unpaired) electrons. The molecule has 0 bridgehead atoms. The number of esters is 1. The van der Waals surface area contributed by atoms with E-state index in [2.05, 4.69) is 72.7 Å². The second kappa shape index (κ2) is 20.4. The fourth-order valence-electron chi connectivity index (χ4n) is 7.77. The fraction of sp³-hybridized carbons (Fsp3) is 0.592. The third-order valence-electron chi connectivity index (χ3n) is 13.2. The Balaban J connectivity index is 1.39. The van der Waals surface area contributed by atoms with Crippen molar-refractivity contribution in [3.63, 3.8) is 0 Å². The summed E-state index contributed by atoms with van der Waals surface area (Å²) in [6, 6.07) is 22.4. The van der Waals surface area contributed by atoms with E-state index in [-0.39, 0.29) is 24.2 Å². The van der Waals surface area contributed by atoms with Gasteiger partial charge >= 0.3 is 12.1 Å². The molecule has 1 amide bonds. The van der Waals surface area contributed by atoms with Crippen LogP contribution in [0.25, 0.3) is 0 Å². The number of nitrogens with one attached hydrogen (secondary N) is 1. The Morgan fingerprint density at radius 2 is 1.52 bits per heavy atom. The molecule has 1 fully saturated rings. The van der Waals surface area contributed by atoms with Crippen LogP contribution in [0.4, 0.5) is 4.79 Å². The summed E-state index contributed by atoms with van der Waals surface area (Å²) in [5.41, 5.74) is 3.42. The Labute approximate surface area is 372 Å². The fourth-order valence-corrected chi connectivity index (χ4v) is 9.95. The molecule has 3 aromatic carbocycles. The van der Waals surface area contributed by atoms with E-state index in [1.165, 1.54) is 0 Å². The quantitative estimate of drug-likeness (QED) is 0.0723. The lowest BCUT2D eigenvalue weighted by molar-refractivity contribution is -0.211. The van der Waals surface area contributed by atoms with E-state index in [1.54, 1.807) is 13.2 Å². The Morgan fingerprint density at radius 1 is 0.935 bits per heavy atom. The molecule has 0 aromatic heterocycles. The normalized spacial score (nSPS) is 21.8. The van der Waals surface area contributed by atoms with E-state index >= 15 is 0 Å². The molecule has 0 spiro atoms. The smallest absolute Gasteiger partial charge is 0.409 e. The monoisotopic (exact) mass is 891 g/mol. The average Bonchev–Trinajstić information content (AvgIpc) is 3.20. The van der Waals surface area contributed by atoms with Crippen molar-refractivity contribution in [1.29, 1.82) is 0 Å². The minimum absolute atomic E-state index is 0.0579. The second-order valence-corrected chi connectivity index (χ2v) is 30.9. The number of ether oxygens (including phenoxy) is 6. The van der Waals surface area contributed by atoms with Gasteiger partial charge < -0.3 is 38.0 Å². The van der Waals surface area contributed by atoms with Crippen LogP contribution in [0.15, 0.2) is 66.7 Å². The molecule has 2 heterocycles. The first-order valence-corrected chi connectivity index (χ1v) is 28.8. The van der Waals surface area contributed by atoms with Gasteiger partial charge in [-0.25, -0.2) is 9.59 Å². The Morgan fingerprint density at radius 3 is 2.06 bits per heavy atom. The lowest BCUT2D eigenvalue weighted by Crippen LogP contribution is -2.61. The second-order valence-electron chi connectivity index (χ2n) is 20.5. The first-order valence-electron chi connectivity index (χ1n) is 22.2. The highest BCUT2D eigenvalue weighted by atomic mass is 28.4. The van der Waals surface area contributed by atoms with Crippen molar-refractivity contribution in [2.75, 3.05) is 13.7 Å². The van der Waals surface area contributed by atoms with Crippen molar-refractivity contribution < 1.29 is 47.5 Å². The number of carbonyl (C=O) groups is 2. The maximum atomic E-state index is 14.1. The SMILES string of the molecule is CO[C@H](NC(=O)OCC[Si](C)(C)C)[C@@H]1C[C@@H](O[Si](C)(C)C(C)(C)C)C(C)(C)[C@@H](C[C@H](O)[C@@H](C)C2Cc3c(C)c(OCc4ccccc4)cc(OCc4ccccc4)c3C(=O)O2)O1. The summed E-state index contributed by atoms with van der Waals surface area (Å²) in [6.07, 6.45) is -3.28. The van der Waals surface area contributed by atoms with Crippen molar-refractivity contribution in [3.05, 3.63) is 94.5 Å². The molecule has 1 unspecified atom stereocenters. The Kier molecular flexibility index (Phi) is 16.2. The van der Waals surface area contributed by atoms with Crippen molar-refractivity contribution >= 4 is 28.5 Å². The van der Waals surface area contributed by atoms with E-state index in [0.717, 1.165) is 28.3 Å². The average molecular weight is 892 g/mol. The number of amides is 1. The summed E-state index contributed by atoms with van der Waals surface area (Å²) in [6.45, 7) is 26.9. The van der Waals surface area contributed by atoms with Crippen LogP contribution in [0.5, 0.6) is 11.5 Å². The largest absolute Gasteiger partial charge is 0.488 e. The van der Waals surface area contributed by atoms with Crippen LogP contribution < -0.4 is 14.8 Å². The molecular formula is C49H73NO10Si2. The number of hydrogen-bond acceptors (Lipinski definition) is 10. The molecule has 0 aliphatic carbocycles. The van der Waals surface area contributed by atoms with Crippen molar-refractivity contribution in [3.8, 4) is 11.5 Å². The van der Waals surface area contributed by atoms with Crippen molar-refractivity contribution in [2.24, 2.45) is 11.3 Å². The molecule has 0 saturated carbocycles. The molecule has 2 N–H and O–H groups in total. The summed E-state index contributed by atoms with van der Waals surface area (Å²) >= 11 is 0. The zero-order valence-electron chi connectivity index (χ0n) is 39.5. The van der Waals surface area contributed by atoms with Gasteiger partial charge in [-0.05, 0) is 53.4 Å². The number of benzene rings is 3. The minimum Gasteiger partial charge on any atom is -0.488 e. The molecule has 11 nitrogen and oxygen atoms in total. The van der Waals surface area contributed by atoms with Gasteiger partial charge in [0.2, 0.25) is 0 Å². The number of hydrogen-bond donors (Lipinski definition) is 2. The van der Waals surface area contributed by atoms with Crippen LogP contribution in [-0.2, 0) is 43.0 Å². The van der Waals surface area contributed by atoms with E-state index in [0.29, 0.717) is 43.1 Å². The van der Waals surface area contributed by atoms with Crippen LogP contribution >= 0.6 is 0 Å². The van der Waals surface area contributed by atoms with Crippen molar-refractivity contribution in [2.45, 2.75) is 162 Å². The van der Waals surface area contributed by atoms with Gasteiger partial charge in [0.15, 0.2) is 14.5 Å². The highest BCUT2D eigenvalue weighted by Gasteiger charge is 2.52. The highest BCUT2D eigenvalue weighted by Crippen LogP contribution is 2.47. The molecule has 342 valence electrons. The van der Waals surface area contributed by atoms with Crippen LogP contribution in [-0.4, -0.2) is 84.0 Å². The van der Waals surface area contributed by atoms with Crippen molar-refractivity contribution in [1.82, 2.24) is 5.32 Å². The lowest BCUT2D eigenvalue weighted by atomic mass is 9.73. The first-order chi connectivity index (χ1) is 29.0. The van der Waals surface area contributed by atoms with Gasteiger partial charge in [-0.3, -0.25) is 5.32 Å². The first kappa shape index (κ1) is 49.3. The zero-order valence-corrected chi connectivity index (χ0v) is 41.5. The third-order valence-corrected chi connectivity index (χ3v) is 19.4. The number of fused-ring (bicyclic) bond motifs is 1. The van der Waals surface area contributed by atoms with Crippen LogP contribution in [0.2, 0.25) is 43.8 Å². The van der Waals surface area contributed by atoms with Gasteiger partial charge in [-0.1, -0.05) is 122 Å². The summed E-state index contributed by atoms with van der Waals surface area (Å²) < 4.78 is 44.4. The third kappa shape index (κ3) is 12.5. The molecule has 7 atom stereocenters. The predicted molar refractivity (Wildman–Crippen MR) is 248 cm³/mol. The molecule has 13 heteroatoms. The van der Waals surface area contributed by atoms with E-state index < -0.39 is 70.4 Å². The van der Waals surface area contributed by atoms with Crippen LogP contribution in [0.1, 0.15) is 87.0 Å². The molecular weight excluding hydrogens is 819 g/mol. The van der Waals surface area contributed by atoms with E-state index in [9.17, 15) is 14.7 Å². The maximum absolute atomic E-state index is 14.1. The lowest BCUT2D eigenvalue weighted by Gasteiger charge is -2.53. The minimum atomic E-state index is -2.29. The summed E-state index contributed by atoms with van der Waals surface area (Å²) in [5.74, 6) is 0.0339. The number of aliphatic hydroxyl groups is 1. The molecule has 2 aliphatic heterocycles. The van der Waals surface area contributed by atoms with E-state index in [4.69, 9.17) is 32.8 Å². The standard InChI is InChI=1S/C49H73NO10Si2/c1-32-36-26-39(59-46(52)44(36)40(57-31-35-22-18-15-19-23-35)28-38(32)56-30-34-20-16-14-17-21-34)33(2)37(51)27-42-49(6,7)43(60-62(12,13)48(3,4)5)29-41(58-42)45(54-8)50-47(53)55-24-25-61(9,10)11/h14-23,28,33,37,39,41-43,45,51H,24-27,29-31H2,1-13H3,(H,50,53)/t33-,37+,39?,41+,42-,43-,45+/m1/s1. The Hall–Kier alpha value is -3.73. The van der Waals surface area contributed by atoms with Gasteiger partial charge in [0.1, 0.15) is 42.5 Å². The number of alkyl carbamates (subject to hydrolysis) is 1. The number of methoxy groups -OCH3 is 1. The van der Waals surface area contributed by atoms with Gasteiger partial charge in [0, 0.05) is 51.8 Å². The molecule has 1 saturated heterocycles. The predicted octanol–water partition coefficient (Wildman–Crippen LogP) is 10.2. The number of cyclic esters (lactones) is 1. The molecule has 62 heavy (non-hydrogen) atoms. The van der Waals surface area contributed by atoms with Gasteiger partial charge in [-0.2, -0.15) is 0 Å². The number of carbonyl (C=O) groups excluding carboxylic acids is 2. The summed E-state index contributed by atoms with van der Waals surface area (Å²) in [4.78, 5) is 27.1. The highest BCUT2D eigenvalue weighted by molar-refractivity contribution is 6.76. The molecule has 5 rings (SSSR count). The molecule has 2 aliphatic rings. The maximum Gasteiger partial charge on any atom is 0.409 e. The summed E-state index contributed by atoms with van der Waals surface area (Å²) in [5, 5.41) is 15.0. The number of rotatable bonds is 18. The zero-order chi connectivity index (χ0) is 45.6. The van der Waals surface area contributed by atoms with Crippen LogP contribution in [0.3, 0.4) is 0 Å². The van der Waals surface area contributed by atoms with Gasteiger partial charge in [0.05, 0.1) is 24.9 Å². The molecule has 3 aromatic rings.